The van der Waals surface area contributed by atoms with E-state index in [1.807, 2.05) is 43.6 Å². The molecule has 0 radical (unpaired) electrons. The molecule has 1 saturated carbocycles. The zero-order valence-corrected chi connectivity index (χ0v) is 21.3. The quantitative estimate of drug-likeness (QED) is 0.235. The molecule has 0 aliphatic heterocycles. The number of carbonyl (C=O) groups is 1. The van der Waals surface area contributed by atoms with Crippen molar-refractivity contribution >= 4 is 28.9 Å². The Balaban J connectivity index is 1.42. The number of rotatable bonds is 7. The van der Waals surface area contributed by atoms with Crippen LogP contribution in [0.2, 0.25) is 0 Å². The Morgan fingerprint density at radius 1 is 1.21 bits per heavy atom. The molecule has 0 unspecified atom stereocenters. The maximum atomic E-state index is 13.3. The van der Waals surface area contributed by atoms with Crippen LogP contribution in [-0.2, 0) is 0 Å². The van der Waals surface area contributed by atoms with Crippen molar-refractivity contribution in [3.8, 4) is 16.5 Å². The monoisotopic (exact) mass is 492 g/mol. The summed E-state index contributed by atoms with van der Waals surface area (Å²) in [5.74, 6) is 1.78. The van der Waals surface area contributed by atoms with Gasteiger partial charge in [0, 0.05) is 52.5 Å². The lowest BCUT2D eigenvalue weighted by Crippen LogP contribution is -2.22. The van der Waals surface area contributed by atoms with Crippen molar-refractivity contribution in [2.45, 2.75) is 57.7 Å². The molecule has 7 nitrogen and oxygen atoms in total. The van der Waals surface area contributed by atoms with Crippen molar-refractivity contribution in [3.63, 3.8) is 0 Å². The van der Waals surface area contributed by atoms with Gasteiger partial charge in [0.05, 0.1) is 5.75 Å². The number of carbonyl (C=O) groups excluding carboxylic acids is 1. The van der Waals surface area contributed by atoms with Crippen molar-refractivity contribution in [2.24, 2.45) is 5.92 Å². The zero-order chi connectivity index (χ0) is 23.7. The lowest BCUT2D eigenvalue weighted by atomic mass is 9.85. The summed E-state index contributed by atoms with van der Waals surface area (Å²) in [5.41, 5.74) is 3.64. The maximum Gasteiger partial charge on any atom is 0.193 e. The molecule has 0 spiro atoms. The van der Waals surface area contributed by atoms with Gasteiger partial charge in [-0.1, -0.05) is 31.5 Å². The molecule has 1 aliphatic rings. The first-order valence-corrected chi connectivity index (χ1v) is 13.5. The summed E-state index contributed by atoms with van der Waals surface area (Å²) in [6.45, 7) is 6.31. The topological polar surface area (TPSA) is 78.5 Å². The summed E-state index contributed by atoms with van der Waals surface area (Å²) < 4.78 is 4.31. The average Bonchev–Trinajstić information content (AvgIpc) is 3.58. The molecule has 4 heterocycles. The normalized spacial score (nSPS) is 18.3. The highest BCUT2D eigenvalue weighted by Crippen LogP contribution is 2.39. The van der Waals surface area contributed by atoms with Crippen molar-refractivity contribution in [1.82, 2.24) is 29.3 Å². The van der Waals surface area contributed by atoms with E-state index >= 15 is 0 Å². The SMILES string of the molecule is Cc1cc(C(=O)CSc2nnc(-c3cccnc3)n2[C@H]2CCCC[C@H]2C)c(C)n1-c1nccs1. The predicted molar refractivity (Wildman–Crippen MR) is 136 cm³/mol. The Kier molecular flexibility index (Phi) is 6.65. The standard InChI is InChI=1S/C25H28N6OS2/c1-16-7-4-5-9-21(16)31-23(19-8-6-10-26-14-19)28-29-25(31)34-15-22(32)20-13-17(2)30(18(20)3)24-27-11-12-33-24/h6,8,10-14,16,21H,4-5,7,9,15H2,1-3H3/t16-,21+/m1/s1. The van der Waals surface area contributed by atoms with Gasteiger partial charge in [-0.2, -0.15) is 0 Å². The molecule has 0 amide bonds. The van der Waals surface area contributed by atoms with Crippen LogP contribution < -0.4 is 0 Å². The van der Waals surface area contributed by atoms with Crippen LogP contribution in [0.1, 0.15) is 60.4 Å². The third-order valence-electron chi connectivity index (χ3n) is 6.66. The van der Waals surface area contributed by atoms with Crippen molar-refractivity contribution in [2.75, 3.05) is 5.75 Å². The molecule has 0 aromatic carbocycles. The summed E-state index contributed by atoms with van der Waals surface area (Å²) in [7, 11) is 0. The third kappa shape index (κ3) is 4.34. The second kappa shape index (κ2) is 9.84. The number of hydrogen-bond donors (Lipinski definition) is 0. The van der Waals surface area contributed by atoms with Gasteiger partial charge in [0.25, 0.3) is 0 Å². The molecule has 1 fully saturated rings. The van der Waals surface area contributed by atoms with Crippen LogP contribution in [0.4, 0.5) is 0 Å². The van der Waals surface area contributed by atoms with Crippen LogP contribution >= 0.6 is 23.1 Å². The molecule has 0 bridgehead atoms. The second-order valence-corrected chi connectivity index (χ2v) is 10.7. The van der Waals surface area contributed by atoms with E-state index in [2.05, 4.69) is 36.2 Å². The molecule has 2 atom stereocenters. The van der Waals surface area contributed by atoms with Gasteiger partial charge in [-0.15, -0.1) is 21.5 Å². The molecule has 34 heavy (non-hydrogen) atoms. The Morgan fingerprint density at radius 2 is 2.06 bits per heavy atom. The first-order valence-electron chi connectivity index (χ1n) is 11.6. The van der Waals surface area contributed by atoms with E-state index in [0.717, 1.165) is 45.0 Å². The van der Waals surface area contributed by atoms with Crippen molar-refractivity contribution in [3.05, 3.63) is 59.1 Å². The Hall–Kier alpha value is -2.78. The minimum Gasteiger partial charge on any atom is -0.299 e. The average molecular weight is 493 g/mol. The molecule has 0 saturated heterocycles. The van der Waals surface area contributed by atoms with Crippen molar-refractivity contribution in [1.29, 1.82) is 0 Å². The highest BCUT2D eigenvalue weighted by Gasteiger charge is 2.29. The highest BCUT2D eigenvalue weighted by molar-refractivity contribution is 7.99. The van der Waals surface area contributed by atoms with Crippen molar-refractivity contribution < 1.29 is 4.79 Å². The molecule has 4 aromatic heterocycles. The predicted octanol–water partition coefficient (Wildman–Crippen LogP) is 5.93. The molecule has 9 heteroatoms. The Bertz CT molecular complexity index is 1280. The van der Waals surface area contributed by atoms with Crippen LogP contribution in [0.3, 0.4) is 0 Å². The first kappa shape index (κ1) is 23.0. The number of aryl methyl sites for hydroxylation is 1. The maximum absolute atomic E-state index is 13.3. The van der Waals surface area contributed by atoms with Gasteiger partial charge in [0.15, 0.2) is 21.9 Å². The third-order valence-corrected chi connectivity index (χ3v) is 8.36. The van der Waals surface area contributed by atoms with Crippen LogP contribution in [-0.4, -0.2) is 40.8 Å². The van der Waals surface area contributed by atoms with Gasteiger partial charge in [0.1, 0.15) is 0 Å². The molecular weight excluding hydrogens is 464 g/mol. The number of hydrogen-bond acceptors (Lipinski definition) is 7. The molecule has 4 aromatic rings. The lowest BCUT2D eigenvalue weighted by Gasteiger charge is -2.31. The number of nitrogens with zero attached hydrogens (tertiary/aromatic N) is 6. The molecule has 176 valence electrons. The summed E-state index contributed by atoms with van der Waals surface area (Å²) >= 11 is 3.05. The summed E-state index contributed by atoms with van der Waals surface area (Å²) in [5, 5.41) is 12.7. The van der Waals surface area contributed by atoms with Gasteiger partial charge < -0.3 is 0 Å². The summed E-state index contributed by atoms with van der Waals surface area (Å²) in [6, 6.07) is 6.24. The molecule has 0 N–H and O–H groups in total. The van der Waals surface area contributed by atoms with E-state index in [1.54, 1.807) is 23.7 Å². The number of pyridine rings is 1. The number of Topliss-reactive ketones (excluding diaryl/α,β-unsaturated/α-hetero) is 1. The number of ketones is 1. The Labute approximate surface area is 207 Å². The van der Waals surface area contributed by atoms with E-state index in [1.165, 1.54) is 31.0 Å². The van der Waals surface area contributed by atoms with Crippen LogP contribution in [0, 0.1) is 19.8 Å². The highest BCUT2D eigenvalue weighted by atomic mass is 32.2. The van der Waals surface area contributed by atoms with Gasteiger partial charge in [-0.25, -0.2) is 4.98 Å². The van der Waals surface area contributed by atoms with E-state index in [0.29, 0.717) is 17.7 Å². The zero-order valence-electron chi connectivity index (χ0n) is 19.6. The largest absolute Gasteiger partial charge is 0.299 e. The number of aromatic nitrogens is 6. The van der Waals surface area contributed by atoms with E-state index in [4.69, 9.17) is 0 Å². The minimum atomic E-state index is 0.0927. The van der Waals surface area contributed by atoms with Crippen LogP contribution in [0.15, 0.2) is 47.3 Å². The number of thioether (sulfide) groups is 1. The smallest absolute Gasteiger partial charge is 0.193 e. The molecule has 5 rings (SSSR count). The number of thiazole rings is 1. The first-order chi connectivity index (χ1) is 16.5. The van der Waals surface area contributed by atoms with E-state index < -0.39 is 0 Å². The lowest BCUT2D eigenvalue weighted by molar-refractivity contribution is 0.102. The molecular formula is C25H28N6OS2. The summed E-state index contributed by atoms with van der Waals surface area (Å²) in [4.78, 5) is 22.0. The van der Waals surface area contributed by atoms with Gasteiger partial charge in [-0.05, 0) is 50.8 Å². The second-order valence-electron chi connectivity index (χ2n) is 8.89. The fourth-order valence-electron chi connectivity index (χ4n) is 4.92. The Morgan fingerprint density at radius 3 is 2.79 bits per heavy atom. The summed E-state index contributed by atoms with van der Waals surface area (Å²) in [6.07, 6.45) is 10.1. The fraction of sp³-hybridized carbons (Fsp3) is 0.400. The van der Waals surface area contributed by atoms with E-state index in [9.17, 15) is 4.79 Å². The minimum absolute atomic E-state index is 0.0927. The van der Waals surface area contributed by atoms with E-state index in [-0.39, 0.29) is 5.78 Å². The fourth-order valence-corrected chi connectivity index (χ4v) is 6.55. The van der Waals surface area contributed by atoms with Crippen LogP contribution in [0.5, 0.6) is 0 Å². The van der Waals surface area contributed by atoms with Gasteiger partial charge >= 0.3 is 0 Å². The van der Waals surface area contributed by atoms with Gasteiger partial charge in [-0.3, -0.25) is 18.9 Å². The molecule has 1 aliphatic carbocycles. The van der Waals surface area contributed by atoms with Gasteiger partial charge in [0.2, 0.25) is 0 Å². The van der Waals surface area contributed by atoms with Crippen LogP contribution in [0.25, 0.3) is 16.5 Å².